The maximum Gasteiger partial charge on any atom is 0.335 e. The molecule has 6 heteroatoms. The predicted octanol–water partition coefficient (Wildman–Crippen LogP) is 3.59. The number of hydrogen-bond donors (Lipinski definition) is 1. The maximum atomic E-state index is 10.8. The number of halogens is 1. The first-order valence-corrected chi connectivity index (χ1v) is 6.30. The Morgan fingerprint density at radius 1 is 1.53 bits per heavy atom. The summed E-state index contributed by atoms with van der Waals surface area (Å²) < 4.78 is 5.92. The van der Waals surface area contributed by atoms with E-state index < -0.39 is 5.97 Å². The molecule has 1 aromatic carbocycles. The molecule has 2 rings (SSSR count). The molecule has 0 atom stereocenters. The van der Waals surface area contributed by atoms with Gasteiger partial charge in [0.05, 0.1) is 11.3 Å². The molecule has 1 aromatic heterocycles. The third-order valence-electron chi connectivity index (χ3n) is 1.97. The third-order valence-corrected chi connectivity index (χ3v) is 3.83. The summed E-state index contributed by atoms with van der Waals surface area (Å²) in [5.41, 5.74) is 1.05. The van der Waals surface area contributed by atoms with E-state index in [2.05, 4.69) is 20.9 Å². The lowest BCUT2D eigenvalue weighted by Gasteiger charge is -2.02. The molecule has 0 aliphatic carbocycles. The fourth-order valence-corrected chi connectivity index (χ4v) is 2.58. The van der Waals surface area contributed by atoms with Gasteiger partial charge in [-0.05, 0) is 52.8 Å². The van der Waals surface area contributed by atoms with Crippen molar-refractivity contribution in [3.63, 3.8) is 0 Å². The van der Waals surface area contributed by atoms with Gasteiger partial charge in [-0.1, -0.05) is 0 Å². The van der Waals surface area contributed by atoms with Crippen LogP contribution in [0.5, 0.6) is 0 Å². The smallest absolute Gasteiger partial charge is 0.335 e. The van der Waals surface area contributed by atoms with E-state index >= 15 is 0 Å². The molecule has 0 unspecified atom stereocenters. The van der Waals surface area contributed by atoms with Crippen molar-refractivity contribution in [1.29, 1.82) is 0 Å². The summed E-state index contributed by atoms with van der Waals surface area (Å²) >= 11 is 4.66. The van der Waals surface area contributed by atoms with Gasteiger partial charge >= 0.3 is 5.97 Å². The number of oxazole rings is 1. The molecule has 1 N–H and O–H groups in total. The first-order valence-electron chi connectivity index (χ1n) is 4.69. The highest BCUT2D eigenvalue weighted by molar-refractivity contribution is 9.10. The van der Waals surface area contributed by atoms with Gasteiger partial charge < -0.3 is 9.52 Å². The van der Waals surface area contributed by atoms with Crippen molar-refractivity contribution < 1.29 is 14.3 Å². The molecule has 0 aliphatic rings. The summed E-state index contributed by atoms with van der Waals surface area (Å²) in [5.74, 6) is -0.950. The molecule has 0 spiro atoms. The van der Waals surface area contributed by atoms with E-state index in [1.165, 1.54) is 11.8 Å². The van der Waals surface area contributed by atoms with E-state index in [-0.39, 0.29) is 5.56 Å². The highest BCUT2D eigenvalue weighted by atomic mass is 79.9. The third kappa shape index (κ3) is 2.89. The second-order valence-electron chi connectivity index (χ2n) is 3.31. The zero-order valence-corrected chi connectivity index (χ0v) is 11.2. The van der Waals surface area contributed by atoms with E-state index in [9.17, 15) is 4.79 Å². The van der Waals surface area contributed by atoms with Crippen LogP contribution >= 0.6 is 27.7 Å². The van der Waals surface area contributed by atoms with Gasteiger partial charge in [-0.2, -0.15) is 0 Å². The molecule has 0 saturated carbocycles. The number of aromatic nitrogens is 1. The molecular formula is C11H8BrNO3S. The highest BCUT2D eigenvalue weighted by Crippen LogP contribution is 2.33. The summed E-state index contributed by atoms with van der Waals surface area (Å²) in [6.45, 7) is 1.84. The first-order chi connectivity index (χ1) is 8.06. The number of carbonyl (C=O) groups is 1. The van der Waals surface area contributed by atoms with Gasteiger partial charge in [0, 0.05) is 9.37 Å². The summed E-state index contributed by atoms with van der Waals surface area (Å²) in [4.78, 5) is 15.8. The minimum absolute atomic E-state index is 0.241. The van der Waals surface area contributed by atoms with Crippen molar-refractivity contribution in [2.75, 3.05) is 0 Å². The topological polar surface area (TPSA) is 63.3 Å². The van der Waals surface area contributed by atoms with Crippen LogP contribution in [0, 0.1) is 6.92 Å². The van der Waals surface area contributed by atoms with Crippen molar-refractivity contribution in [1.82, 2.24) is 4.98 Å². The van der Waals surface area contributed by atoms with Crippen molar-refractivity contribution in [3.8, 4) is 0 Å². The van der Waals surface area contributed by atoms with E-state index in [0.717, 1.165) is 10.6 Å². The van der Waals surface area contributed by atoms with Crippen LogP contribution in [0.3, 0.4) is 0 Å². The fraction of sp³-hybridized carbons (Fsp3) is 0.0909. The number of aryl methyl sites for hydroxylation is 1. The van der Waals surface area contributed by atoms with E-state index in [4.69, 9.17) is 9.52 Å². The second kappa shape index (κ2) is 4.93. The second-order valence-corrected chi connectivity index (χ2v) is 5.15. The lowest BCUT2D eigenvalue weighted by molar-refractivity contribution is 0.0696. The number of carboxylic acid groups (broad SMARTS) is 1. The number of rotatable bonds is 3. The molecule has 2 aromatic rings. The fourth-order valence-electron chi connectivity index (χ4n) is 1.19. The SMILES string of the molecule is Cc1coc(Sc2ccc(C(=O)O)cc2Br)n1. The van der Waals surface area contributed by atoms with E-state index in [0.29, 0.717) is 9.70 Å². The zero-order chi connectivity index (χ0) is 12.4. The Hall–Kier alpha value is -1.27. The summed E-state index contributed by atoms with van der Waals surface area (Å²) in [5, 5.41) is 9.37. The maximum absolute atomic E-state index is 10.8. The van der Waals surface area contributed by atoms with Crippen LogP contribution < -0.4 is 0 Å². The summed E-state index contributed by atoms with van der Waals surface area (Å²) in [6, 6.07) is 4.82. The minimum atomic E-state index is -0.950. The van der Waals surface area contributed by atoms with Gasteiger partial charge in [-0.15, -0.1) is 0 Å². The molecule has 0 amide bonds. The van der Waals surface area contributed by atoms with Crippen LogP contribution in [-0.4, -0.2) is 16.1 Å². The monoisotopic (exact) mass is 313 g/mol. The molecule has 1 heterocycles. The zero-order valence-electron chi connectivity index (χ0n) is 8.81. The molecule has 0 aliphatic heterocycles. The van der Waals surface area contributed by atoms with Crippen LogP contribution in [0.1, 0.15) is 16.1 Å². The number of nitrogens with zero attached hydrogens (tertiary/aromatic N) is 1. The molecule has 0 saturated heterocycles. The average Bonchev–Trinajstić information content (AvgIpc) is 2.67. The standard InChI is InChI=1S/C11H8BrNO3S/c1-6-5-16-11(13-6)17-9-3-2-7(10(14)15)4-8(9)12/h2-5H,1H3,(H,14,15). The molecule has 88 valence electrons. The minimum Gasteiger partial charge on any atom is -0.478 e. The average molecular weight is 314 g/mol. The van der Waals surface area contributed by atoms with Gasteiger partial charge in [0.1, 0.15) is 6.26 Å². The summed E-state index contributed by atoms with van der Waals surface area (Å²) in [7, 11) is 0. The van der Waals surface area contributed by atoms with Gasteiger partial charge in [0.25, 0.3) is 5.22 Å². The molecule has 17 heavy (non-hydrogen) atoms. The number of benzene rings is 1. The Kier molecular flexibility index (Phi) is 3.54. The van der Waals surface area contributed by atoms with E-state index in [1.54, 1.807) is 24.5 Å². The van der Waals surface area contributed by atoms with Gasteiger partial charge in [-0.25, -0.2) is 9.78 Å². The Bertz CT molecular complexity index is 568. The predicted molar refractivity (Wildman–Crippen MR) is 66.5 cm³/mol. The first kappa shape index (κ1) is 12.2. The molecule has 4 nitrogen and oxygen atoms in total. The largest absolute Gasteiger partial charge is 0.478 e. The lowest BCUT2D eigenvalue weighted by atomic mass is 10.2. The van der Waals surface area contributed by atoms with Gasteiger partial charge in [0.2, 0.25) is 0 Å². The van der Waals surface area contributed by atoms with Crippen molar-refractivity contribution in [2.45, 2.75) is 17.0 Å². The van der Waals surface area contributed by atoms with E-state index in [1.807, 2.05) is 6.92 Å². The molecule has 0 bridgehead atoms. The molecular weight excluding hydrogens is 306 g/mol. The van der Waals surface area contributed by atoms with Gasteiger partial charge in [0.15, 0.2) is 0 Å². The van der Waals surface area contributed by atoms with Crippen molar-refractivity contribution in [2.24, 2.45) is 0 Å². The van der Waals surface area contributed by atoms with Crippen LogP contribution in [-0.2, 0) is 0 Å². The van der Waals surface area contributed by atoms with Gasteiger partial charge in [-0.3, -0.25) is 0 Å². The molecule has 0 fully saturated rings. The normalized spacial score (nSPS) is 10.5. The van der Waals surface area contributed by atoms with Crippen molar-refractivity contribution in [3.05, 3.63) is 40.2 Å². The van der Waals surface area contributed by atoms with Crippen LogP contribution in [0.25, 0.3) is 0 Å². The number of carboxylic acids is 1. The van der Waals surface area contributed by atoms with Crippen molar-refractivity contribution >= 4 is 33.7 Å². The van der Waals surface area contributed by atoms with Crippen LogP contribution in [0.2, 0.25) is 0 Å². The Morgan fingerprint density at radius 3 is 2.82 bits per heavy atom. The number of aromatic carboxylic acids is 1. The lowest BCUT2D eigenvalue weighted by Crippen LogP contribution is -1.95. The summed E-state index contributed by atoms with van der Waals surface area (Å²) in [6.07, 6.45) is 1.57. The highest BCUT2D eigenvalue weighted by Gasteiger charge is 2.10. The quantitative estimate of drug-likeness (QED) is 0.938. The van der Waals surface area contributed by atoms with Crippen LogP contribution in [0.4, 0.5) is 0 Å². The Balaban J connectivity index is 2.25. The Morgan fingerprint density at radius 2 is 2.29 bits per heavy atom. The van der Waals surface area contributed by atoms with Crippen LogP contribution in [0.15, 0.2) is 43.5 Å². The number of hydrogen-bond acceptors (Lipinski definition) is 4. The Labute approximate surface area is 110 Å². The molecule has 0 radical (unpaired) electrons.